The van der Waals surface area contributed by atoms with Crippen LogP contribution in [0, 0.1) is 22.7 Å². The lowest BCUT2D eigenvalue weighted by Gasteiger charge is -2.40. The summed E-state index contributed by atoms with van der Waals surface area (Å²) in [4.78, 5) is 20.8. The zero-order valence-electron chi connectivity index (χ0n) is 15.0. The Morgan fingerprint density at radius 3 is 2.81 bits per heavy atom. The summed E-state index contributed by atoms with van der Waals surface area (Å²) in [6.45, 7) is 3.79. The van der Waals surface area contributed by atoms with Gasteiger partial charge in [0.2, 0.25) is 5.91 Å². The lowest BCUT2D eigenvalue weighted by atomic mass is 10.1. The number of nitriles is 2. The fourth-order valence-electron chi connectivity index (χ4n) is 3.19. The molecule has 134 valence electrons. The number of carbonyl (C=O) groups excluding carboxylic acids is 1. The van der Waals surface area contributed by atoms with E-state index in [0.717, 1.165) is 5.56 Å². The van der Waals surface area contributed by atoms with Gasteiger partial charge >= 0.3 is 0 Å². The molecule has 0 bridgehead atoms. The van der Waals surface area contributed by atoms with Crippen LogP contribution in [-0.2, 0) is 4.79 Å². The van der Waals surface area contributed by atoms with Crippen LogP contribution in [-0.4, -0.2) is 41.5 Å². The number of carbonyl (C=O) groups is 1. The van der Waals surface area contributed by atoms with Crippen LogP contribution in [0.1, 0.15) is 23.6 Å². The molecule has 1 saturated heterocycles. The third kappa shape index (κ3) is 4.13. The van der Waals surface area contributed by atoms with Gasteiger partial charge in [0.1, 0.15) is 11.9 Å². The van der Waals surface area contributed by atoms with Crippen LogP contribution in [0.3, 0.4) is 0 Å². The second kappa shape index (κ2) is 8.16. The minimum absolute atomic E-state index is 0.00473. The van der Waals surface area contributed by atoms with E-state index in [1.807, 2.05) is 22.8 Å². The van der Waals surface area contributed by atoms with Crippen LogP contribution in [0.15, 0.2) is 48.7 Å². The molecule has 0 saturated carbocycles. The zero-order valence-corrected chi connectivity index (χ0v) is 15.0. The third-order valence-electron chi connectivity index (χ3n) is 4.55. The molecule has 0 N–H and O–H groups in total. The molecule has 2 heterocycles. The van der Waals surface area contributed by atoms with Crippen LogP contribution in [0.2, 0.25) is 0 Å². The summed E-state index contributed by atoms with van der Waals surface area (Å²) in [6, 6.07) is 14.9. The predicted octanol–water partition coefficient (Wildman–Crippen LogP) is 2.58. The molecule has 0 spiro atoms. The molecule has 0 unspecified atom stereocenters. The summed E-state index contributed by atoms with van der Waals surface area (Å²) in [7, 11) is 0. The number of anilines is 1. The minimum Gasteiger partial charge on any atom is -0.352 e. The number of benzene rings is 1. The summed E-state index contributed by atoms with van der Waals surface area (Å²) >= 11 is 0. The highest BCUT2D eigenvalue weighted by Gasteiger charge is 2.27. The van der Waals surface area contributed by atoms with E-state index >= 15 is 0 Å². The first-order valence-corrected chi connectivity index (χ1v) is 8.71. The topological polar surface area (TPSA) is 84.0 Å². The lowest BCUT2D eigenvalue weighted by molar-refractivity contribution is -0.128. The third-order valence-corrected chi connectivity index (χ3v) is 4.55. The van der Waals surface area contributed by atoms with Crippen molar-refractivity contribution in [2.75, 3.05) is 24.5 Å². The maximum absolute atomic E-state index is 12.6. The SMILES string of the molecule is C[C@H]1CN(c2ncccc2C#N)CCN1C(=O)/C=C/c1cccc(C#N)c1. The Morgan fingerprint density at radius 1 is 1.22 bits per heavy atom. The molecule has 6 heteroatoms. The molecule has 0 aliphatic carbocycles. The van der Waals surface area contributed by atoms with Crippen molar-refractivity contribution < 1.29 is 4.79 Å². The summed E-state index contributed by atoms with van der Waals surface area (Å²) in [5.74, 6) is 0.605. The predicted molar refractivity (Wildman–Crippen MR) is 103 cm³/mol. The molecule has 0 radical (unpaired) electrons. The van der Waals surface area contributed by atoms with Gasteiger partial charge in [-0.25, -0.2) is 4.98 Å². The molecule has 1 aliphatic heterocycles. The van der Waals surface area contributed by atoms with Crippen molar-refractivity contribution in [2.24, 2.45) is 0 Å². The van der Waals surface area contributed by atoms with E-state index in [2.05, 4.69) is 17.1 Å². The molecule has 6 nitrogen and oxygen atoms in total. The van der Waals surface area contributed by atoms with Gasteiger partial charge in [0.05, 0.1) is 17.2 Å². The highest BCUT2D eigenvalue weighted by atomic mass is 16.2. The minimum atomic E-state index is -0.0639. The standard InChI is InChI=1S/C21H19N5O/c1-16-15-25(21-19(14-23)6-3-9-24-21)10-11-26(16)20(27)8-7-17-4-2-5-18(12-17)13-22/h2-9,12,16H,10-11,15H2,1H3/b8-7+/t16-/m0/s1. The Hall–Kier alpha value is -3.64. The average Bonchev–Trinajstić information content (AvgIpc) is 2.72. The fourth-order valence-corrected chi connectivity index (χ4v) is 3.19. The Balaban J connectivity index is 1.67. The van der Waals surface area contributed by atoms with Gasteiger partial charge in [-0.2, -0.15) is 10.5 Å². The molecule has 1 atom stereocenters. The quantitative estimate of drug-likeness (QED) is 0.788. The Bertz CT molecular complexity index is 954. The number of amides is 1. The van der Waals surface area contributed by atoms with Gasteiger partial charge in [0.25, 0.3) is 0 Å². The number of hydrogen-bond donors (Lipinski definition) is 0. The lowest BCUT2D eigenvalue weighted by Crippen LogP contribution is -2.54. The molecular formula is C21H19N5O. The van der Waals surface area contributed by atoms with Crippen molar-refractivity contribution in [2.45, 2.75) is 13.0 Å². The Morgan fingerprint density at radius 2 is 2.07 bits per heavy atom. The molecule has 1 fully saturated rings. The molecule has 1 aromatic heterocycles. The van der Waals surface area contributed by atoms with E-state index < -0.39 is 0 Å². The van der Waals surface area contributed by atoms with E-state index in [1.165, 1.54) is 0 Å². The van der Waals surface area contributed by atoms with Gasteiger partial charge in [0, 0.05) is 37.9 Å². The number of piperazine rings is 1. The maximum Gasteiger partial charge on any atom is 0.246 e. The van der Waals surface area contributed by atoms with Gasteiger partial charge in [0.15, 0.2) is 0 Å². The molecule has 1 aliphatic rings. The first kappa shape index (κ1) is 18.2. The van der Waals surface area contributed by atoms with Crippen molar-refractivity contribution >= 4 is 17.8 Å². The molecule has 27 heavy (non-hydrogen) atoms. The smallest absolute Gasteiger partial charge is 0.246 e. The van der Waals surface area contributed by atoms with E-state index in [1.54, 1.807) is 48.7 Å². The number of nitrogens with zero attached hydrogens (tertiary/aromatic N) is 5. The van der Waals surface area contributed by atoms with Gasteiger partial charge in [-0.3, -0.25) is 4.79 Å². The largest absolute Gasteiger partial charge is 0.352 e. The van der Waals surface area contributed by atoms with Crippen LogP contribution in [0.25, 0.3) is 6.08 Å². The molecule has 1 amide bonds. The van der Waals surface area contributed by atoms with Crippen LogP contribution < -0.4 is 4.90 Å². The molecule has 3 rings (SSSR count). The number of rotatable bonds is 3. The Labute approximate surface area is 158 Å². The van der Waals surface area contributed by atoms with Gasteiger partial charge in [-0.05, 0) is 42.8 Å². The summed E-state index contributed by atoms with van der Waals surface area (Å²) in [5, 5.41) is 18.2. The van der Waals surface area contributed by atoms with E-state index in [0.29, 0.717) is 36.6 Å². The van der Waals surface area contributed by atoms with E-state index in [4.69, 9.17) is 5.26 Å². The van der Waals surface area contributed by atoms with E-state index in [-0.39, 0.29) is 11.9 Å². The Kier molecular flexibility index (Phi) is 5.49. The normalized spacial score (nSPS) is 16.8. The zero-order chi connectivity index (χ0) is 19.2. The van der Waals surface area contributed by atoms with E-state index in [9.17, 15) is 10.1 Å². The van der Waals surface area contributed by atoms with Gasteiger partial charge in [-0.1, -0.05) is 12.1 Å². The van der Waals surface area contributed by atoms with Crippen LogP contribution in [0.4, 0.5) is 5.82 Å². The second-order valence-electron chi connectivity index (χ2n) is 6.38. The monoisotopic (exact) mass is 357 g/mol. The van der Waals surface area contributed by atoms with Crippen molar-refractivity contribution in [3.63, 3.8) is 0 Å². The van der Waals surface area contributed by atoms with Crippen LogP contribution in [0.5, 0.6) is 0 Å². The first-order chi connectivity index (χ1) is 13.1. The number of aromatic nitrogens is 1. The first-order valence-electron chi connectivity index (χ1n) is 8.71. The molecule has 1 aromatic carbocycles. The molecular weight excluding hydrogens is 338 g/mol. The average molecular weight is 357 g/mol. The fraction of sp³-hybridized carbons (Fsp3) is 0.238. The van der Waals surface area contributed by atoms with Crippen LogP contribution >= 0.6 is 0 Å². The maximum atomic E-state index is 12.6. The van der Waals surface area contributed by atoms with Crippen molar-refractivity contribution in [3.8, 4) is 12.1 Å². The van der Waals surface area contributed by atoms with Gasteiger partial charge < -0.3 is 9.80 Å². The number of hydrogen-bond acceptors (Lipinski definition) is 5. The summed E-state index contributed by atoms with van der Waals surface area (Å²) < 4.78 is 0. The number of pyridine rings is 1. The second-order valence-corrected chi connectivity index (χ2v) is 6.38. The summed E-state index contributed by atoms with van der Waals surface area (Å²) in [6.07, 6.45) is 4.95. The van der Waals surface area contributed by atoms with Crippen molar-refractivity contribution in [3.05, 3.63) is 65.4 Å². The highest BCUT2D eigenvalue weighted by molar-refractivity contribution is 5.92. The summed E-state index contributed by atoms with van der Waals surface area (Å²) in [5.41, 5.74) is 1.93. The van der Waals surface area contributed by atoms with Crippen molar-refractivity contribution in [1.29, 1.82) is 10.5 Å². The highest BCUT2D eigenvalue weighted by Crippen LogP contribution is 2.21. The molecule has 2 aromatic rings. The van der Waals surface area contributed by atoms with Crippen molar-refractivity contribution in [1.82, 2.24) is 9.88 Å². The van der Waals surface area contributed by atoms with Gasteiger partial charge in [-0.15, -0.1) is 0 Å².